The normalized spacial score (nSPS) is 23.7. The van der Waals surface area contributed by atoms with Gasteiger partial charge < -0.3 is 15.2 Å². The SMILES string of the molecule is O=C(NCC1(O)CCCC1)C1COc2ccccc21. The second kappa shape index (κ2) is 4.85. The molecule has 102 valence electrons. The Morgan fingerprint density at radius 1 is 1.37 bits per heavy atom. The van der Waals surface area contributed by atoms with Gasteiger partial charge in [0.25, 0.3) is 0 Å². The number of fused-ring (bicyclic) bond motifs is 1. The summed E-state index contributed by atoms with van der Waals surface area (Å²) in [6, 6.07) is 7.63. The first kappa shape index (κ1) is 12.5. The highest BCUT2D eigenvalue weighted by atomic mass is 16.5. The van der Waals surface area contributed by atoms with E-state index in [0.29, 0.717) is 13.2 Å². The van der Waals surface area contributed by atoms with E-state index in [0.717, 1.165) is 37.0 Å². The summed E-state index contributed by atoms with van der Waals surface area (Å²) in [6.45, 7) is 0.744. The van der Waals surface area contributed by atoms with Crippen molar-refractivity contribution in [3.63, 3.8) is 0 Å². The van der Waals surface area contributed by atoms with Crippen molar-refractivity contribution in [1.82, 2.24) is 5.32 Å². The minimum Gasteiger partial charge on any atom is -0.492 e. The van der Waals surface area contributed by atoms with E-state index < -0.39 is 5.60 Å². The molecule has 1 fully saturated rings. The van der Waals surface area contributed by atoms with Crippen LogP contribution in [0, 0.1) is 0 Å². The van der Waals surface area contributed by atoms with Gasteiger partial charge in [-0.3, -0.25) is 4.79 Å². The maximum absolute atomic E-state index is 12.2. The molecule has 4 heteroatoms. The molecule has 3 rings (SSSR count). The summed E-state index contributed by atoms with van der Waals surface area (Å²) in [6.07, 6.45) is 3.65. The molecule has 1 aromatic carbocycles. The van der Waals surface area contributed by atoms with E-state index in [4.69, 9.17) is 4.74 Å². The lowest BCUT2D eigenvalue weighted by Crippen LogP contribution is -2.42. The van der Waals surface area contributed by atoms with Gasteiger partial charge in [-0.25, -0.2) is 0 Å². The Balaban J connectivity index is 1.63. The average molecular weight is 261 g/mol. The fourth-order valence-corrected chi connectivity index (χ4v) is 2.96. The number of para-hydroxylation sites is 1. The van der Waals surface area contributed by atoms with Gasteiger partial charge in [0.05, 0.1) is 5.60 Å². The van der Waals surface area contributed by atoms with Gasteiger partial charge in [-0.2, -0.15) is 0 Å². The monoisotopic (exact) mass is 261 g/mol. The Labute approximate surface area is 112 Å². The third-order valence-electron chi connectivity index (χ3n) is 4.14. The standard InChI is InChI=1S/C15H19NO3/c17-14(16-10-15(18)7-3-4-8-15)12-9-19-13-6-2-1-5-11(12)13/h1-2,5-6,12,18H,3-4,7-10H2,(H,16,17). The van der Waals surface area contributed by atoms with Crippen LogP contribution in [0.25, 0.3) is 0 Å². The maximum Gasteiger partial charge on any atom is 0.231 e. The Bertz CT molecular complexity index is 480. The van der Waals surface area contributed by atoms with Gasteiger partial charge >= 0.3 is 0 Å². The molecule has 1 amide bonds. The molecule has 2 N–H and O–H groups in total. The number of benzene rings is 1. The molecule has 1 heterocycles. The molecule has 1 aromatic rings. The molecule has 1 saturated carbocycles. The highest BCUT2D eigenvalue weighted by Gasteiger charge is 2.34. The number of amides is 1. The van der Waals surface area contributed by atoms with Crippen molar-refractivity contribution in [3.05, 3.63) is 29.8 Å². The van der Waals surface area contributed by atoms with Crippen molar-refractivity contribution in [2.45, 2.75) is 37.2 Å². The number of ether oxygens (including phenoxy) is 1. The average Bonchev–Trinajstić information content (AvgIpc) is 3.03. The van der Waals surface area contributed by atoms with Crippen LogP contribution in [0.5, 0.6) is 5.75 Å². The third-order valence-corrected chi connectivity index (χ3v) is 4.14. The van der Waals surface area contributed by atoms with E-state index in [-0.39, 0.29) is 11.8 Å². The molecule has 4 nitrogen and oxygen atoms in total. The smallest absolute Gasteiger partial charge is 0.231 e. The largest absolute Gasteiger partial charge is 0.492 e. The fraction of sp³-hybridized carbons (Fsp3) is 0.533. The zero-order valence-electron chi connectivity index (χ0n) is 10.9. The molecule has 1 atom stereocenters. The van der Waals surface area contributed by atoms with E-state index in [1.165, 1.54) is 0 Å². The fourth-order valence-electron chi connectivity index (χ4n) is 2.96. The van der Waals surface area contributed by atoms with Gasteiger partial charge in [0.1, 0.15) is 18.3 Å². The first-order valence-electron chi connectivity index (χ1n) is 6.90. The molecule has 1 unspecified atom stereocenters. The van der Waals surface area contributed by atoms with Crippen molar-refractivity contribution >= 4 is 5.91 Å². The third kappa shape index (κ3) is 2.45. The van der Waals surface area contributed by atoms with Crippen LogP contribution >= 0.6 is 0 Å². The van der Waals surface area contributed by atoms with E-state index in [9.17, 15) is 9.90 Å². The molecule has 0 saturated heterocycles. The van der Waals surface area contributed by atoms with Crippen LogP contribution in [-0.4, -0.2) is 29.8 Å². The summed E-state index contributed by atoms with van der Waals surface area (Å²) in [5, 5.41) is 13.1. The summed E-state index contributed by atoms with van der Waals surface area (Å²) in [5.74, 6) is 0.494. The second-order valence-electron chi connectivity index (χ2n) is 5.55. The summed E-state index contributed by atoms with van der Waals surface area (Å²) < 4.78 is 5.51. The molecule has 2 aliphatic rings. The molecule has 19 heavy (non-hydrogen) atoms. The van der Waals surface area contributed by atoms with Gasteiger partial charge in [-0.1, -0.05) is 31.0 Å². The second-order valence-corrected chi connectivity index (χ2v) is 5.55. The van der Waals surface area contributed by atoms with Crippen LogP contribution in [0.4, 0.5) is 0 Å². The topological polar surface area (TPSA) is 58.6 Å². The summed E-state index contributed by atoms with van der Waals surface area (Å²) in [5.41, 5.74) is 0.243. The summed E-state index contributed by atoms with van der Waals surface area (Å²) in [4.78, 5) is 12.2. The first-order valence-corrected chi connectivity index (χ1v) is 6.90. The number of nitrogens with one attached hydrogen (secondary N) is 1. The van der Waals surface area contributed by atoms with E-state index in [1.807, 2.05) is 24.3 Å². The van der Waals surface area contributed by atoms with Gasteiger partial charge in [0.2, 0.25) is 5.91 Å². The Kier molecular flexibility index (Phi) is 3.19. The van der Waals surface area contributed by atoms with Crippen LogP contribution in [0.2, 0.25) is 0 Å². The van der Waals surface area contributed by atoms with Crippen molar-refractivity contribution in [2.24, 2.45) is 0 Å². The molecule has 0 spiro atoms. The summed E-state index contributed by atoms with van der Waals surface area (Å²) >= 11 is 0. The zero-order chi connectivity index (χ0) is 13.3. The van der Waals surface area contributed by atoms with Gasteiger partial charge in [-0.15, -0.1) is 0 Å². The highest BCUT2D eigenvalue weighted by Crippen LogP contribution is 2.34. The lowest BCUT2D eigenvalue weighted by Gasteiger charge is -2.23. The highest BCUT2D eigenvalue weighted by molar-refractivity contribution is 5.85. The Hall–Kier alpha value is -1.55. The molecule has 0 bridgehead atoms. The van der Waals surface area contributed by atoms with Gasteiger partial charge in [0.15, 0.2) is 0 Å². The predicted molar refractivity (Wildman–Crippen MR) is 71.1 cm³/mol. The Morgan fingerprint density at radius 2 is 2.11 bits per heavy atom. The number of hydrogen-bond donors (Lipinski definition) is 2. The van der Waals surface area contributed by atoms with E-state index >= 15 is 0 Å². The maximum atomic E-state index is 12.2. The number of hydrogen-bond acceptors (Lipinski definition) is 3. The molecular formula is C15H19NO3. The molecule has 0 aromatic heterocycles. The quantitative estimate of drug-likeness (QED) is 0.868. The number of aliphatic hydroxyl groups is 1. The van der Waals surface area contributed by atoms with Gasteiger partial charge in [-0.05, 0) is 18.9 Å². The van der Waals surface area contributed by atoms with Crippen LogP contribution < -0.4 is 10.1 Å². The zero-order valence-corrected chi connectivity index (χ0v) is 10.9. The number of carbonyl (C=O) groups excluding carboxylic acids is 1. The van der Waals surface area contributed by atoms with E-state index in [1.54, 1.807) is 0 Å². The minimum absolute atomic E-state index is 0.0507. The number of carbonyl (C=O) groups is 1. The van der Waals surface area contributed by atoms with Crippen molar-refractivity contribution in [2.75, 3.05) is 13.2 Å². The molecule has 0 radical (unpaired) electrons. The molecule has 1 aliphatic carbocycles. The van der Waals surface area contributed by atoms with Crippen molar-refractivity contribution in [1.29, 1.82) is 0 Å². The van der Waals surface area contributed by atoms with Crippen LogP contribution in [0.15, 0.2) is 24.3 Å². The lowest BCUT2D eigenvalue weighted by molar-refractivity contribution is -0.124. The minimum atomic E-state index is -0.700. The van der Waals surface area contributed by atoms with Crippen LogP contribution in [0.3, 0.4) is 0 Å². The van der Waals surface area contributed by atoms with Crippen LogP contribution in [0.1, 0.15) is 37.2 Å². The van der Waals surface area contributed by atoms with Crippen molar-refractivity contribution < 1.29 is 14.6 Å². The Morgan fingerprint density at radius 3 is 2.89 bits per heavy atom. The predicted octanol–water partition coefficient (Wildman–Crippen LogP) is 1.58. The molecular weight excluding hydrogens is 242 g/mol. The summed E-state index contributed by atoms with van der Waals surface area (Å²) in [7, 11) is 0. The molecule has 1 aliphatic heterocycles. The lowest BCUT2D eigenvalue weighted by atomic mass is 9.99. The van der Waals surface area contributed by atoms with Gasteiger partial charge in [0, 0.05) is 12.1 Å². The van der Waals surface area contributed by atoms with Crippen LogP contribution in [-0.2, 0) is 4.79 Å². The first-order chi connectivity index (χ1) is 9.18. The number of rotatable bonds is 3. The van der Waals surface area contributed by atoms with Crippen molar-refractivity contribution in [3.8, 4) is 5.75 Å². The van der Waals surface area contributed by atoms with E-state index in [2.05, 4.69) is 5.32 Å².